The minimum Gasteiger partial charge on any atom is -0.299 e. The third-order valence-electron chi connectivity index (χ3n) is 3.35. The second kappa shape index (κ2) is 10.6. The molecule has 0 amide bonds. The Morgan fingerprint density at radius 3 is 2.00 bits per heavy atom. The zero-order chi connectivity index (χ0) is 13.1. The molecule has 0 rings (SSSR count). The molecule has 0 fully saturated rings. The van der Waals surface area contributed by atoms with Gasteiger partial charge in [0, 0.05) is 0 Å². The van der Waals surface area contributed by atoms with Gasteiger partial charge in [-0.3, -0.25) is 4.79 Å². The molecule has 0 aliphatic heterocycles. The lowest BCUT2D eigenvalue weighted by atomic mass is 9.93. The largest absolute Gasteiger partial charge is 0.299 e. The van der Waals surface area contributed by atoms with Crippen LogP contribution in [-0.2, 0) is 4.79 Å². The van der Waals surface area contributed by atoms with Gasteiger partial charge in [0.25, 0.3) is 0 Å². The molecule has 0 aliphatic carbocycles. The summed E-state index contributed by atoms with van der Waals surface area (Å²) in [6.07, 6.45) is 12.4. The zero-order valence-electron chi connectivity index (χ0n) is 12.1. The lowest BCUT2D eigenvalue weighted by Gasteiger charge is -2.13. The molecule has 2 atom stereocenters. The number of hydrogen-bond donors (Lipinski definition) is 0. The summed E-state index contributed by atoms with van der Waals surface area (Å²) in [6.45, 7) is 9.15. The van der Waals surface area contributed by atoms with Gasteiger partial charge in [-0.2, -0.15) is 0 Å². The molecule has 0 spiro atoms. The lowest BCUT2D eigenvalue weighted by molar-refractivity contribution is -0.104. The fraction of sp³-hybridized carbons (Fsp3) is 0.812. The Morgan fingerprint density at radius 2 is 1.47 bits per heavy atom. The molecule has 0 radical (unpaired) electrons. The minimum absolute atomic E-state index is 0.545. The second-order valence-corrected chi connectivity index (χ2v) is 5.86. The molecule has 17 heavy (non-hydrogen) atoms. The van der Waals surface area contributed by atoms with Crippen LogP contribution in [0.2, 0.25) is 0 Å². The Morgan fingerprint density at radius 1 is 0.882 bits per heavy atom. The van der Waals surface area contributed by atoms with Gasteiger partial charge in [0.05, 0.1) is 0 Å². The molecule has 1 heteroatoms. The molecule has 0 heterocycles. The summed E-state index contributed by atoms with van der Waals surface area (Å²) in [5.74, 6) is 2.25. The van der Waals surface area contributed by atoms with Gasteiger partial charge in [0.15, 0.2) is 0 Å². The van der Waals surface area contributed by atoms with Crippen molar-refractivity contribution in [1.29, 1.82) is 0 Å². The molecule has 0 aromatic rings. The summed E-state index contributed by atoms with van der Waals surface area (Å²) in [5, 5.41) is 0. The third kappa shape index (κ3) is 11.7. The number of allylic oxidation sites excluding steroid dienone is 2. The average molecular weight is 238 g/mol. The van der Waals surface area contributed by atoms with Crippen LogP contribution in [-0.4, -0.2) is 6.29 Å². The summed E-state index contributed by atoms with van der Waals surface area (Å²) in [5.41, 5.74) is 0. The highest BCUT2D eigenvalue weighted by atomic mass is 16.1. The molecule has 2 unspecified atom stereocenters. The standard InChI is InChI=1S/C16H30O/c1-14(2)8-5-9-15(3)10-6-11-16(4)12-7-13-17/h7,12-16H,5-6,8-11H2,1-4H3. The molecular formula is C16H30O. The smallest absolute Gasteiger partial charge is 0.142 e. The van der Waals surface area contributed by atoms with Crippen LogP contribution in [0, 0.1) is 17.8 Å². The fourth-order valence-corrected chi connectivity index (χ4v) is 2.14. The first-order chi connectivity index (χ1) is 8.06. The van der Waals surface area contributed by atoms with Crippen molar-refractivity contribution in [1.82, 2.24) is 0 Å². The van der Waals surface area contributed by atoms with Crippen LogP contribution in [0.15, 0.2) is 12.2 Å². The van der Waals surface area contributed by atoms with E-state index in [0.717, 1.165) is 18.1 Å². The number of carbonyl (C=O) groups is 1. The van der Waals surface area contributed by atoms with Crippen molar-refractivity contribution in [2.24, 2.45) is 17.8 Å². The van der Waals surface area contributed by atoms with Gasteiger partial charge < -0.3 is 0 Å². The molecule has 0 saturated heterocycles. The van der Waals surface area contributed by atoms with E-state index in [2.05, 4.69) is 27.7 Å². The van der Waals surface area contributed by atoms with E-state index in [1.165, 1.54) is 38.5 Å². The Balaban J connectivity index is 3.46. The Bertz CT molecular complexity index is 206. The summed E-state index contributed by atoms with van der Waals surface area (Å²) < 4.78 is 0. The molecule has 100 valence electrons. The minimum atomic E-state index is 0.545. The van der Waals surface area contributed by atoms with E-state index in [4.69, 9.17) is 0 Å². The lowest BCUT2D eigenvalue weighted by Crippen LogP contribution is -1.98. The summed E-state index contributed by atoms with van der Waals surface area (Å²) in [6, 6.07) is 0. The van der Waals surface area contributed by atoms with E-state index in [9.17, 15) is 4.79 Å². The van der Waals surface area contributed by atoms with Crippen LogP contribution < -0.4 is 0 Å². The molecule has 0 N–H and O–H groups in total. The molecule has 0 aromatic carbocycles. The highest BCUT2D eigenvalue weighted by Crippen LogP contribution is 2.19. The number of hydrogen-bond acceptors (Lipinski definition) is 1. The molecule has 0 aliphatic rings. The van der Waals surface area contributed by atoms with E-state index in [-0.39, 0.29) is 0 Å². The van der Waals surface area contributed by atoms with Crippen molar-refractivity contribution in [2.75, 3.05) is 0 Å². The molecule has 1 nitrogen and oxygen atoms in total. The highest BCUT2D eigenvalue weighted by molar-refractivity contribution is 5.64. The maximum atomic E-state index is 10.2. The van der Waals surface area contributed by atoms with Crippen molar-refractivity contribution in [3.05, 3.63) is 12.2 Å². The van der Waals surface area contributed by atoms with Gasteiger partial charge in [-0.1, -0.05) is 65.9 Å². The molecular weight excluding hydrogens is 208 g/mol. The first-order valence-corrected chi connectivity index (χ1v) is 7.18. The fourth-order valence-electron chi connectivity index (χ4n) is 2.14. The van der Waals surface area contributed by atoms with Crippen LogP contribution in [0.1, 0.15) is 66.2 Å². The van der Waals surface area contributed by atoms with Crippen LogP contribution >= 0.6 is 0 Å². The van der Waals surface area contributed by atoms with Crippen molar-refractivity contribution in [3.8, 4) is 0 Å². The average Bonchev–Trinajstić information content (AvgIpc) is 2.25. The monoisotopic (exact) mass is 238 g/mol. The van der Waals surface area contributed by atoms with Gasteiger partial charge in [0.1, 0.15) is 6.29 Å². The summed E-state index contributed by atoms with van der Waals surface area (Å²) in [4.78, 5) is 10.2. The van der Waals surface area contributed by atoms with E-state index in [0.29, 0.717) is 5.92 Å². The van der Waals surface area contributed by atoms with Crippen LogP contribution in [0.3, 0.4) is 0 Å². The van der Waals surface area contributed by atoms with E-state index in [1.807, 2.05) is 6.08 Å². The molecule has 0 aromatic heterocycles. The Hall–Kier alpha value is -0.590. The zero-order valence-corrected chi connectivity index (χ0v) is 12.1. The second-order valence-electron chi connectivity index (χ2n) is 5.86. The SMILES string of the molecule is CC(C)CCCC(C)CCCC(C)C=CC=O. The maximum Gasteiger partial charge on any atom is 0.142 e. The highest BCUT2D eigenvalue weighted by Gasteiger charge is 2.04. The van der Waals surface area contributed by atoms with Crippen molar-refractivity contribution in [3.63, 3.8) is 0 Å². The first-order valence-electron chi connectivity index (χ1n) is 7.18. The van der Waals surface area contributed by atoms with Crippen LogP contribution in [0.5, 0.6) is 0 Å². The summed E-state index contributed by atoms with van der Waals surface area (Å²) in [7, 11) is 0. The van der Waals surface area contributed by atoms with Crippen molar-refractivity contribution >= 4 is 6.29 Å². The predicted octanol–water partition coefficient (Wildman–Crippen LogP) is 5.01. The van der Waals surface area contributed by atoms with Gasteiger partial charge in [-0.15, -0.1) is 0 Å². The normalized spacial score (nSPS) is 15.4. The van der Waals surface area contributed by atoms with E-state index in [1.54, 1.807) is 6.08 Å². The predicted molar refractivity (Wildman–Crippen MR) is 76.1 cm³/mol. The third-order valence-corrected chi connectivity index (χ3v) is 3.35. The van der Waals surface area contributed by atoms with Crippen molar-refractivity contribution < 1.29 is 4.79 Å². The van der Waals surface area contributed by atoms with Gasteiger partial charge >= 0.3 is 0 Å². The number of carbonyl (C=O) groups excluding carboxylic acids is 1. The van der Waals surface area contributed by atoms with E-state index >= 15 is 0 Å². The number of aldehydes is 1. The maximum absolute atomic E-state index is 10.2. The van der Waals surface area contributed by atoms with Crippen LogP contribution in [0.4, 0.5) is 0 Å². The summed E-state index contributed by atoms with van der Waals surface area (Å²) >= 11 is 0. The van der Waals surface area contributed by atoms with Crippen molar-refractivity contribution in [2.45, 2.75) is 66.2 Å². The number of rotatable bonds is 10. The molecule has 0 saturated carbocycles. The Labute approximate surface area is 108 Å². The van der Waals surface area contributed by atoms with Gasteiger partial charge in [0.2, 0.25) is 0 Å². The van der Waals surface area contributed by atoms with Crippen LogP contribution in [0.25, 0.3) is 0 Å². The molecule has 0 bridgehead atoms. The van der Waals surface area contributed by atoms with Gasteiger partial charge in [-0.05, 0) is 30.3 Å². The topological polar surface area (TPSA) is 17.1 Å². The first kappa shape index (κ1) is 16.4. The Kier molecular flexibility index (Phi) is 10.2. The quantitative estimate of drug-likeness (QED) is 0.386. The van der Waals surface area contributed by atoms with E-state index < -0.39 is 0 Å². The van der Waals surface area contributed by atoms with Gasteiger partial charge in [-0.25, -0.2) is 0 Å².